The number of amides is 2. The molecule has 1 aromatic carbocycles. The number of fused-ring (bicyclic) bond motifs is 1. The van der Waals surface area contributed by atoms with Crippen molar-refractivity contribution < 1.29 is 9.59 Å². The fourth-order valence-corrected chi connectivity index (χ4v) is 4.38. The van der Waals surface area contributed by atoms with Crippen molar-refractivity contribution in [2.45, 2.75) is 45.1 Å². The van der Waals surface area contributed by atoms with E-state index >= 15 is 0 Å². The van der Waals surface area contributed by atoms with Crippen LogP contribution in [-0.4, -0.2) is 50.4 Å². The summed E-state index contributed by atoms with van der Waals surface area (Å²) in [5.41, 5.74) is 1.33. The van der Waals surface area contributed by atoms with Crippen LogP contribution in [0.5, 0.6) is 0 Å². The Kier molecular flexibility index (Phi) is 6.74. The lowest BCUT2D eigenvalue weighted by Crippen LogP contribution is -2.51. The number of nitrogens with zero attached hydrogens (tertiary/aromatic N) is 4. The number of halogens is 1. The minimum Gasteiger partial charge on any atom is -0.341 e. The Hall–Kier alpha value is -2.93. The summed E-state index contributed by atoms with van der Waals surface area (Å²) in [6, 6.07) is 12.0. The van der Waals surface area contributed by atoms with Crippen molar-refractivity contribution in [1.29, 1.82) is 0 Å². The molecule has 0 spiro atoms. The van der Waals surface area contributed by atoms with E-state index in [1.54, 1.807) is 24.3 Å². The van der Waals surface area contributed by atoms with E-state index in [0.29, 0.717) is 30.1 Å². The van der Waals surface area contributed by atoms with E-state index in [-0.39, 0.29) is 23.7 Å². The number of likely N-dealkylation sites (tertiary alicyclic amines) is 1. The standard InChI is InChI=1S/C24H28ClN5O2/c1-16(2)15-20(26-23(31)18-6-8-19(25)9-7-18)24(32)29-13-10-17(11-14-29)22-28-27-21-5-3-4-12-30(21)22/h3-9,12,16-17,20H,10-11,13-15H2,1-2H3,(H,26,31). The lowest BCUT2D eigenvalue weighted by atomic mass is 9.94. The van der Waals surface area contributed by atoms with Crippen molar-refractivity contribution in [1.82, 2.24) is 24.8 Å². The molecule has 32 heavy (non-hydrogen) atoms. The molecule has 7 nitrogen and oxygen atoms in total. The van der Waals surface area contributed by atoms with E-state index < -0.39 is 6.04 Å². The molecule has 0 bridgehead atoms. The molecular weight excluding hydrogens is 426 g/mol. The van der Waals surface area contributed by atoms with Gasteiger partial charge in [-0.05, 0) is 61.6 Å². The third-order valence-electron chi connectivity index (χ3n) is 5.93. The number of carbonyl (C=O) groups is 2. The molecule has 1 fully saturated rings. The fourth-order valence-electron chi connectivity index (χ4n) is 4.25. The van der Waals surface area contributed by atoms with E-state index in [0.717, 1.165) is 24.3 Å². The number of piperidine rings is 1. The highest BCUT2D eigenvalue weighted by Crippen LogP contribution is 2.27. The molecule has 1 aliphatic rings. The van der Waals surface area contributed by atoms with Crippen molar-refractivity contribution in [2.75, 3.05) is 13.1 Å². The Morgan fingerprint density at radius 2 is 1.81 bits per heavy atom. The van der Waals surface area contributed by atoms with Gasteiger partial charge >= 0.3 is 0 Å². The molecule has 1 aliphatic heterocycles. The Bertz CT molecular complexity index is 1090. The average Bonchev–Trinajstić information content (AvgIpc) is 3.22. The monoisotopic (exact) mass is 453 g/mol. The topological polar surface area (TPSA) is 79.6 Å². The summed E-state index contributed by atoms with van der Waals surface area (Å²) in [6.45, 7) is 5.38. The molecule has 1 saturated heterocycles. The zero-order chi connectivity index (χ0) is 22.7. The number of nitrogens with one attached hydrogen (secondary N) is 1. The molecule has 3 heterocycles. The highest BCUT2D eigenvalue weighted by molar-refractivity contribution is 6.30. The van der Waals surface area contributed by atoms with Gasteiger partial charge in [-0.3, -0.25) is 14.0 Å². The van der Waals surface area contributed by atoms with Crippen molar-refractivity contribution in [2.24, 2.45) is 5.92 Å². The second-order valence-corrected chi connectivity index (χ2v) is 9.19. The first-order chi connectivity index (χ1) is 15.4. The number of hydrogen-bond acceptors (Lipinski definition) is 4. The summed E-state index contributed by atoms with van der Waals surface area (Å²) in [4.78, 5) is 27.9. The predicted molar refractivity (Wildman–Crippen MR) is 124 cm³/mol. The Labute approximate surface area is 192 Å². The van der Waals surface area contributed by atoms with Gasteiger partial charge in [-0.15, -0.1) is 10.2 Å². The first-order valence-corrected chi connectivity index (χ1v) is 11.4. The Balaban J connectivity index is 1.41. The number of benzene rings is 1. The van der Waals surface area contributed by atoms with Crippen LogP contribution in [0.2, 0.25) is 5.02 Å². The van der Waals surface area contributed by atoms with Gasteiger partial charge in [0.25, 0.3) is 5.91 Å². The molecule has 0 saturated carbocycles. The van der Waals surface area contributed by atoms with Gasteiger partial charge in [0.15, 0.2) is 5.65 Å². The number of rotatable bonds is 6. The molecule has 0 aliphatic carbocycles. The molecule has 1 N–H and O–H groups in total. The van der Waals surface area contributed by atoms with Crippen molar-refractivity contribution in [3.8, 4) is 0 Å². The van der Waals surface area contributed by atoms with Crippen LogP contribution < -0.4 is 5.32 Å². The summed E-state index contributed by atoms with van der Waals surface area (Å²) < 4.78 is 2.02. The van der Waals surface area contributed by atoms with Gasteiger partial charge in [-0.2, -0.15) is 0 Å². The van der Waals surface area contributed by atoms with Crippen LogP contribution in [0.1, 0.15) is 55.2 Å². The summed E-state index contributed by atoms with van der Waals surface area (Å²) >= 11 is 5.92. The van der Waals surface area contributed by atoms with Crippen LogP contribution in [0.4, 0.5) is 0 Å². The first kappa shape index (κ1) is 22.3. The summed E-state index contributed by atoms with van der Waals surface area (Å²) in [7, 11) is 0. The van der Waals surface area contributed by atoms with Crippen LogP contribution in [0, 0.1) is 5.92 Å². The zero-order valence-electron chi connectivity index (χ0n) is 18.4. The maximum Gasteiger partial charge on any atom is 0.251 e. The minimum absolute atomic E-state index is 0.0226. The van der Waals surface area contributed by atoms with Gasteiger partial charge in [-0.25, -0.2) is 0 Å². The van der Waals surface area contributed by atoms with Crippen molar-refractivity contribution in [3.63, 3.8) is 0 Å². The molecule has 3 aromatic rings. The molecule has 0 radical (unpaired) electrons. The van der Waals surface area contributed by atoms with Gasteiger partial charge in [0.2, 0.25) is 5.91 Å². The molecule has 1 unspecified atom stereocenters. The smallest absolute Gasteiger partial charge is 0.251 e. The highest BCUT2D eigenvalue weighted by Gasteiger charge is 2.31. The number of carbonyl (C=O) groups excluding carboxylic acids is 2. The van der Waals surface area contributed by atoms with Crippen LogP contribution in [0.15, 0.2) is 48.7 Å². The summed E-state index contributed by atoms with van der Waals surface area (Å²) in [5.74, 6) is 1.19. The van der Waals surface area contributed by atoms with Gasteiger partial charge in [0.05, 0.1) is 0 Å². The average molecular weight is 454 g/mol. The maximum absolute atomic E-state index is 13.3. The van der Waals surface area contributed by atoms with Crippen LogP contribution >= 0.6 is 11.6 Å². The molecule has 2 amide bonds. The van der Waals surface area contributed by atoms with Gasteiger partial charge in [0, 0.05) is 35.8 Å². The Morgan fingerprint density at radius 3 is 2.50 bits per heavy atom. The molecular formula is C24H28ClN5O2. The number of aromatic nitrogens is 3. The minimum atomic E-state index is -0.552. The molecule has 4 rings (SSSR count). The van der Waals surface area contributed by atoms with E-state index in [1.807, 2.05) is 33.7 Å². The van der Waals surface area contributed by atoms with E-state index in [4.69, 9.17) is 11.6 Å². The van der Waals surface area contributed by atoms with E-state index in [2.05, 4.69) is 29.4 Å². The molecule has 1 atom stereocenters. The van der Waals surface area contributed by atoms with E-state index in [9.17, 15) is 9.59 Å². The Morgan fingerprint density at radius 1 is 1.09 bits per heavy atom. The third-order valence-corrected chi connectivity index (χ3v) is 6.18. The van der Waals surface area contributed by atoms with Crippen molar-refractivity contribution in [3.05, 3.63) is 65.1 Å². The second-order valence-electron chi connectivity index (χ2n) is 8.75. The molecule has 2 aromatic heterocycles. The number of hydrogen-bond donors (Lipinski definition) is 1. The van der Waals surface area contributed by atoms with Crippen molar-refractivity contribution >= 4 is 29.1 Å². The van der Waals surface area contributed by atoms with Gasteiger partial charge < -0.3 is 10.2 Å². The SMILES string of the molecule is CC(C)CC(NC(=O)c1ccc(Cl)cc1)C(=O)N1CCC(c2nnc3ccccn23)CC1. The van der Waals surface area contributed by atoms with Gasteiger partial charge in [0.1, 0.15) is 11.9 Å². The summed E-state index contributed by atoms with van der Waals surface area (Å²) in [6.07, 6.45) is 4.21. The molecule has 168 valence electrons. The largest absolute Gasteiger partial charge is 0.341 e. The van der Waals surface area contributed by atoms with Crippen LogP contribution in [-0.2, 0) is 4.79 Å². The second kappa shape index (κ2) is 9.69. The molecule has 8 heteroatoms. The lowest BCUT2D eigenvalue weighted by molar-refractivity contribution is -0.134. The summed E-state index contributed by atoms with van der Waals surface area (Å²) in [5, 5.41) is 12.2. The highest BCUT2D eigenvalue weighted by atomic mass is 35.5. The predicted octanol–water partition coefficient (Wildman–Crippen LogP) is 3.93. The first-order valence-electron chi connectivity index (χ1n) is 11.1. The quantitative estimate of drug-likeness (QED) is 0.613. The van der Waals surface area contributed by atoms with E-state index in [1.165, 1.54) is 0 Å². The number of pyridine rings is 1. The fraction of sp³-hybridized carbons (Fsp3) is 0.417. The normalized spacial score (nSPS) is 15.8. The lowest BCUT2D eigenvalue weighted by Gasteiger charge is -2.34. The van der Waals surface area contributed by atoms with Crippen LogP contribution in [0.25, 0.3) is 5.65 Å². The third kappa shape index (κ3) is 4.93. The van der Waals surface area contributed by atoms with Crippen LogP contribution in [0.3, 0.4) is 0 Å². The zero-order valence-corrected chi connectivity index (χ0v) is 19.1. The van der Waals surface area contributed by atoms with Gasteiger partial charge in [-0.1, -0.05) is 31.5 Å². The maximum atomic E-state index is 13.3.